The fourth-order valence-corrected chi connectivity index (χ4v) is 4.71. The number of azo groups is 1. The van der Waals surface area contributed by atoms with E-state index in [0.29, 0.717) is 17.1 Å². The predicted molar refractivity (Wildman–Crippen MR) is 182 cm³/mol. The number of rotatable bonds is 9. The fourth-order valence-electron chi connectivity index (χ4n) is 4.71. The van der Waals surface area contributed by atoms with E-state index in [9.17, 15) is 0 Å². The Morgan fingerprint density at radius 2 is 0.884 bits per heavy atom. The molecule has 0 aromatic heterocycles. The Morgan fingerprint density at radius 3 is 1.40 bits per heavy atom. The summed E-state index contributed by atoms with van der Waals surface area (Å²) in [6.07, 6.45) is 0. The van der Waals surface area contributed by atoms with E-state index >= 15 is 0 Å². The topological polar surface area (TPSA) is 63.1 Å². The second-order valence-electron chi connectivity index (χ2n) is 10.1. The van der Waals surface area contributed by atoms with Gasteiger partial charge >= 0.3 is 0 Å². The van der Waals surface area contributed by atoms with Crippen LogP contribution in [0.3, 0.4) is 0 Å². The summed E-state index contributed by atoms with van der Waals surface area (Å²) < 4.78 is 0. The van der Waals surface area contributed by atoms with E-state index in [1.54, 1.807) is 0 Å². The molecule has 0 bridgehead atoms. The van der Waals surface area contributed by atoms with Crippen molar-refractivity contribution >= 4 is 34.1 Å². The summed E-state index contributed by atoms with van der Waals surface area (Å²) in [5.74, 6) is 0. The molecule has 0 unspecified atom stereocenters. The van der Waals surface area contributed by atoms with E-state index in [2.05, 4.69) is 60.1 Å². The Balaban J connectivity index is 1.42. The SMILES string of the molecule is C=C(N=N/C(=C(\N)c1ccccc1)c1ccccc1)c1ccc(C(C)=N/C(=C(\C)c2ccccc2)c2ccccc2)cc1. The molecule has 0 radical (unpaired) electrons. The first-order valence-electron chi connectivity index (χ1n) is 14.2. The van der Waals surface area contributed by atoms with E-state index in [4.69, 9.17) is 10.7 Å². The number of nitrogens with zero attached hydrogens (tertiary/aromatic N) is 3. The van der Waals surface area contributed by atoms with Crippen molar-refractivity contribution in [3.63, 3.8) is 0 Å². The van der Waals surface area contributed by atoms with Gasteiger partial charge in [0.15, 0.2) is 0 Å². The number of benzene rings is 5. The molecule has 0 aliphatic heterocycles. The van der Waals surface area contributed by atoms with Crippen LogP contribution in [0.25, 0.3) is 28.4 Å². The molecule has 5 aromatic carbocycles. The highest BCUT2D eigenvalue weighted by atomic mass is 15.1. The maximum absolute atomic E-state index is 6.57. The molecule has 210 valence electrons. The third-order valence-electron chi connectivity index (χ3n) is 7.18. The molecule has 0 aliphatic carbocycles. The van der Waals surface area contributed by atoms with Gasteiger partial charge < -0.3 is 5.73 Å². The standard InChI is InChI=1S/C39H34N4/c1-28(31-16-8-4-9-17-31)38(35-20-12-6-13-21-35)41-29(2)32-24-26-33(27-25-32)30(3)42-43-39(36-22-14-7-15-23-36)37(40)34-18-10-5-11-19-34/h4-27H,3,40H2,1-2H3/b38-28+,39-37-,41-29?,43-42?. The highest BCUT2D eigenvalue weighted by molar-refractivity contribution is 6.04. The van der Waals surface area contributed by atoms with Crippen LogP contribution in [-0.2, 0) is 0 Å². The normalized spacial score (nSPS) is 12.9. The number of hydrogen-bond donors (Lipinski definition) is 1. The first-order valence-corrected chi connectivity index (χ1v) is 14.2. The molecule has 4 nitrogen and oxygen atoms in total. The molecule has 0 heterocycles. The van der Waals surface area contributed by atoms with Gasteiger partial charge in [-0.05, 0) is 36.1 Å². The van der Waals surface area contributed by atoms with Crippen molar-refractivity contribution in [1.82, 2.24) is 0 Å². The van der Waals surface area contributed by atoms with Crippen LogP contribution < -0.4 is 5.73 Å². The van der Waals surface area contributed by atoms with Crippen LogP contribution in [-0.4, -0.2) is 5.71 Å². The summed E-state index contributed by atoms with van der Waals surface area (Å²) in [6, 6.07) is 48.4. The largest absolute Gasteiger partial charge is 0.396 e. The van der Waals surface area contributed by atoms with E-state index in [1.165, 1.54) is 0 Å². The van der Waals surface area contributed by atoms with Gasteiger partial charge in [0.25, 0.3) is 0 Å². The molecule has 0 fully saturated rings. The lowest BCUT2D eigenvalue weighted by atomic mass is 10.0. The Hall–Kier alpha value is -5.61. The van der Waals surface area contributed by atoms with Crippen molar-refractivity contribution in [2.24, 2.45) is 21.0 Å². The monoisotopic (exact) mass is 558 g/mol. The number of aliphatic imine (C=N–C) groups is 1. The highest BCUT2D eigenvalue weighted by Crippen LogP contribution is 2.29. The molecular formula is C39H34N4. The lowest BCUT2D eigenvalue weighted by molar-refractivity contribution is 1.24. The zero-order valence-corrected chi connectivity index (χ0v) is 24.5. The number of nitrogens with two attached hydrogens (primary N) is 1. The third kappa shape index (κ3) is 7.19. The van der Waals surface area contributed by atoms with Crippen molar-refractivity contribution in [1.29, 1.82) is 0 Å². The van der Waals surface area contributed by atoms with Gasteiger partial charge in [0.05, 0.1) is 17.1 Å². The molecule has 5 rings (SSSR count). The van der Waals surface area contributed by atoms with Gasteiger partial charge in [-0.3, -0.25) is 4.99 Å². The van der Waals surface area contributed by atoms with Gasteiger partial charge in [0, 0.05) is 22.4 Å². The molecular weight excluding hydrogens is 524 g/mol. The van der Waals surface area contributed by atoms with Crippen molar-refractivity contribution in [3.8, 4) is 0 Å². The summed E-state index contributed by atoms with van der Waals surface area (Å²) in [7, 11) is 0. The van der Waals surface area contributed by atoms with Crippen LogP contribution in [0.4, 0.5) is 0 Å². The number of hydrogen-bond acceptors (Lipinski definition) is 4. The molecule has 5 aromatic rings. The average Bonchev–Trinajstić information content (AvgIpc) is 3.08. The summed E-state index contributed by atoms with van der Waals surface area (Å²) in [5.41, 5.74) is 17.1. The lowest BCUT2D eigenvalue weighted by Gasteiger charge is -2.11. The van der Waals surface area contributed by atoms with E-state index in [-0.39, 0.29) is 0 Å². The maximum Gasteiger partial charge on any atom is 0.116 e. The second-order valence-corrected chi connectivity index (χ2v) is 10.1. The first kappa shape index (κ1) is 28.9. The molecule has 43 heavy (non-hydrogen) atoms. The predicted octanol–water partition coefficient (Wildman–Crippen LogP) is 9.99. The summed E-state index contributed by atoms with van der Waals surface area (Å²) >= 11 is 0. The summed E-state index contributed by atoms with van der Waals surface area (Å²) in [5, 5.41) is 9.07. The minimum Gasteiger partial charge on any atom is -0.396 e. The van der Waals surface area contributed by atoms with Crippen molar-refractivity contribution in [3.05, 3.63) is 186 Å². The fraction of sp³-hybridized carbons (Fsp3) is 0.0513. The molecule has 0 saturated heterocycles. The van der Waals surface area contributed by atoms with Gasteiger partial charge in [-0.2, -0.15) is 5.11 Å². The van der Waals surface area contributed by atoms with Gasteiger partial charge in [-0.25, -0.2) is 0 Å². The van der Waals surface area contributed by atoms with Crippen molar-refractivity contribution in [2.75, 3.05) is 0 Å². The second kappa shape index (κ2) is 13.8. The van der Waals surface area contributed by atoms with E-state index in [1.807, 2.05) is 116 Å². The third-order valence-corrected chi connectivity index (χ3v) is 7.18. The van der Waals surface area contributed by atoms with Crippen LogP contribution in [0.15, 0.2) is 167 Å². The van der Waals surface area contributed by atoms with Gasteiger partial charge in [0.1, 0.15) is 5.70 Å². The van der Waals surface area contributed by atoms with E-state index in [0.717, 1.165) is 50.4 Å². The van der Waals surface area contributed by atoms with Gasteiger partial charge in [-0.1, -0.05) is 152 Å². The van der Waals surface area contributed by atoms with Gasteiger partial charge in [-0.15, -0.1) is 5.11 Å². The smallest absolute Gasteiger partial charge is 0.116 e. The molecule has 0 spiro atoms. The Labute approximate surface area is 254 Å². The number of allylic oxidation sites excluding steroid dienone is 1. The van der Waals surface area contributed by atoms with Crippen molar-refractivity contribution < 1.29 is 0 Å². The molecule has 2 N–H and O–H groups in total. The van der Waals surface area contributed by atoms with Gasteiger partial charge in [0.2, 0.25) is 0 Å². The van der Waals surface area contributed by atoms with E-state index < -0.39 is 0 Å². The molecule has 0 saturated carbocycles. The van der Waals surface area contributed by atoms with Crippen LogP contribution in [0, 0.1) is 0 Å². The molecule has 0 aliphatic rings. The average molecular weight is 559 g/mol. The Bertz CT molecular complexity index is 1800. The van der Waals surface area contributed by atoms with Crippen LogP contribution in [0.2, 0.25) is 0 Å². The van der Waals surface area contributed by atoms with Crippen LogP contribution in [0.1, 0.15) is 47.2 Å². The Kier molecular flexibility index (Phi) is 9.30. The molecule has 4 heteroatoms. The Morgan fingerprint density at radius 1 is 0.465 bits per heavy atom. The lowest BCUT2D eigenvalue weighted by Crippen LogP contribution is -2.00. The maximum atomic E-state index is 6.57. The van der Waals surface area contributed by atoms with Crippen LogP contribution >= 0.6 is 0 Å². The van der Waals surface area contributed by atoms with Crippen molar-refractivity contribution in [2.45, 2.75) is 13.8 Å². The highest BCUT2D eigenvalue weighted by Gasteiger charge is 2.11. The zero-order valence-electron chi connectivity index (χ0n) is 24.5. The summed E-state index contributed by atoms with van der Waals surface area (Å²) in [4.78, 5) is 5.12. The minimum absolute atomic E-state index is 0.542. The summed E-state index contributed by atoms with van der Waals surface area (Å²) in [6.45, 7) is 8.34. The van der Waals surface area contributed by atoms with Crippen LogP contribution in [0.5, 0.6) is 0 Å². The molecule has 0 atom stereocenters. The first-order chi connectivity index (χ1) is 21.0. The molecule has 0 amide bonds. The quantitative estimate of drug-likeness (QED) is 0.109. The zero-order chi connectivity index (χ0) is 30.0. The minimum atomic E-state index is 0.542.